The highest BCUT2D eigenvalue weighted by molar-refractivity contribution is 5.94. The van der Waals surface area contributed by atoms with Crippen LogP contribution in [0.3, 0.4) is 0 Å². The number of amides is 2. The number of hydrogen-bond acceptors (Lipinski definition) is 3. The van der Waals surface area contributed by atoms with E-state index in [1.54, 1.807) is 28.8 Å². The monoisotopic (exact) mass is 527 g/mol. The SMILES string of the molecule is C=C(C)n1cc2c(n1)CN(C1CCN(c3c(C)cccc3F)CC1)C(=O)N2Cc1ccccc1C(F)(F)F. The zero-order valence-electron chi connectivity index (χ0n) is 21.3. The van der Waals surface area contributed by atoms with E-state index in [0.717, 1.165) is 11.6 Å². The number of aryl methyl sites for hydroxylation is 1. The van der Waals surface area contributed by atoms with Gasteiger partial charge in [0.05, 0.1) is 36.2 Å². The highest BCUT2D eigenvalue weighted by Crippen LogP contribution is 2.37. The summed E-state index contributed by atoms with van der Waals surface area (Å²) < 4.78 is 57.3. The second kappa shape index (κ2) is 9.81. The van der Waals surface area contributed by atoms with Crippen molar-refractivity contribution in [1.82, 2.24) is 14.7 Å². The average Bonchev–Trinajstić information content (AvgIpc) is 3.30. The Bertz CT molecular complexity index is 1350. The predicted molar refractivity (Wildman–Crippen MR) is 138 cm³/mol. The smallest absolute Gasteiger partial charge is 0.369 e. The lowest BCUT2D eigenvalue weighted by atomic mass is 10.00. The number of anilines is 2. The minimum atomic E-state index is -4.54. The van der Waals surface area contributed by atoms with Crippen molar-refractivity contribution in [2.45, 2.75) is 52.0 Å². The van der Waals surface area contributed by atoms with Gasteiger partial charge >= 0.3 is 12.2 Å². The molecule has 6 nitrogen and oxygen atoms in total. The van der Waals surface area contributed by atoms with Crippen LogP contribution >= 0.6 is 0 Å². The number of nitrogens with zero attached hydrogens (tertiary/aromatic N) is 5. The van der Waals surface area contributed by atoms with E-state index in [-0.39, 0.29) is 36.5 Å². The van der Waals surface area contributed by atoms with Crippen LogP contribution in [0, 0.1) is 12.7 Å². The lowest BCUT2D eigenvalue weighted by Gasteiger charge is -2.43. The van der Waals surface area contributed by atoms with Crippen molar-refractivity contribution < 1.29 is 22.4 Å². The third kappa shape index (κ3) is 4.75. The molecule has 0 N–H and O–H groups in total. The van der Waals surface area contributed by atoms with Gasteiger partial charge in [-0.05, 0) is 49.9 Å². The van der Waals surface area contributed by atoms with Gasteiger partial charge in [0.15, 0.2) is 0 Å². The molecule has 2 aliphatic rings. The van der Waals surface area contributed by atoms with Crippen LogP contribution < -0.4 is 9.80 Å². The Balaban J connectivity index is 1.43. The summed E-state index contributed by atoms with van der Waals surface area (Å²) in [6.45, 7) is 8.65. The van der Waals surface area contributed by atoms with E-state index in [2.05, 4.69) is 11.7 Å². The molecule has 0 spiro atoms. The Morgan fingerprint density at radius 2 is 1.82 bits per heavy atom. The number of alkyl halides is 3. The molecular formula is C28H29F4N5O. The van der Waals surface area contributed by atoms with Gasteiger partial charge in [0.25, 0.3) is 0 Å². The lowest BCUT2D eigenvalue weighted by molar-refractivity contribution is -0.138. The van der Waals surface area contributed by atoms with Crippen LogP contribution in [0.2, 0.25) is 0 Å². The molecule has 0 bridgehead atoms. The highest BCUT2D eigenvalue weighted by atomic mass is 19.4. The van der Waals surface area contributed by atoms with Crippen LogP contribution in [-0.2, 0) is 19.3 Å². The molecule has 200 valence electrons. The van der Waals surface area contributed by atoms with Gasteiger partial charge in [-0.25, -0.2) is 13.9 Å². The largest absolute Gasteiger partial charge is 0.416 e. The Hall–Kier alpha value is -3.82. The number of urea groups is 1. The maximum absolute atomic E-state index is 14.5. The summed E-state index contributed by atoms with van der Waals surface area (Å²) in [6.07, 6.45) is -1.70. The normalized spacial score (nSPS) is 16.7. The van der Waals surface area contributed by atoms with Gasteiger partial charge in [-0.15, -0.1) is 0 Å². The summed E-state index contributed by atoms with van der Waals surface area (Å²) in [7, 11) is 0. The van der Waals surface area contributed by atoms with Crippen molar-refractivity contribution in [1.29, 1.82) is 0 Å². The number of fused-ring (bicyclic) bond motifs is 1. The first-order valence-electron chi connectivity index (χ1n) is 12.5. The second-order valence-corrected chi connectivity index (χ2v) is 9.92. The molecule has 10 heteroatoms. The Kier molecular flexibility index (Phi) is 6.66. The minimum Gasteiger partial charge on any atom is -0.369 e. The number of carbonyl (C=O) groups is 1. The van der Waals surface area contributed by atoms with Crippen LogP contribution in [0.4, 0.5) is 33.7 Å². The van der Waals surface area contributed by atoms with Gasteiger partial charge in [-0.3, -0.25) is 4.90 Å². The zero-order chi connectivity index (χ0) is 27.2. The number of carbonyl (C=O) groups excluding carboxylic acids is 1. The maximum Gasteiger partial charge on any atom is 0.416 e. The van der Waals surface area contributed by atoms with Crippen LogP contribution in [0.15, 0.2) is 55.2 Å². The molecule has 0 atom stereocenters. The molecule has 0 radical (unpaired) electrons. The van der Waals surface area contributed by atoms with Crippen molar-refractivity contribution in [3.8, 4) is 0 Å². The molecule has 3 heterocycles. The van der Waals surface area contributed by atoms with Crippen LogP contribution in [-0.4, -0.2) is 39.8 Å². The highest BCUT2D eigenvalue weighted by Gasteiger charge is 2.40. The summed E-state index contributed by atoms with van der Waals surface area (Å²) in [5.41, 5.74) is 2.37. The quantitative estimate of drug-likeness (QED) is 0.358. The predicted octanol–water partition coefficient (Wildman–Crippen LogP) is 6.45. The van der Waals surface area contributed by atoms with Crippen LogP contribution in [0.25, 0.3) is 5.70 Å². The first kappa shape index (κ1) is 25.8. The minimum absolute atomic E-state index is 0.00840. The maximum atomic E-state index is 14.5. The van der Waals surface area contributed by atoms with Gasteiger partial charge in [0, 0.05) is 24.8 Å². The van der Waals surface area contributed by atoms with Crippen LogP contribution in [0.1, 0.15) is 42.1 Å². The van der Waals surface area contributed by atoms with Gasteiger partial charge in [0.1, 0.15) is 11.5 Å². The van der Waals surface area contributed by atoms with Crippen molar-refractivity contribution in [3.05, 3.63) is 83.4 Å². The van der Waals surface area contributed by atoms with E-state index < -0.39 is 11.7 Å². The first-order valence-corrected chi connectivity index (χ1v) is 12.5. The lowest BCUT2D eigenvalue weighted by Crippen LogP contribution is -2.54. The van der Waals surface area contributed by atoms with E-state index in [4.69, 9.17) is 0 Å². The van der Waals surface area contributed by atoms with Crippen molar-refractivity contribution in [2.75, 3.05) is 22.9 Å². The molecule has 1 fully saturated rings. The summed E-state index contributed by atoms with van der Waals surface area (Å²) in [6, 6.07) is 9.77. The molecule has 38 heavy (non-hydrogen) atoms. The molecule has 5 rings (SSSR count). The van der Waals surface area contributed by atoms with Crippen molar-refractivity contribution in [3.63, 3.8) is 0 Å². The number of para-hydroxylation sites is 1. The van der Waals surface area contributed by atoms with Crippen molar-refractivity contribution >= 4 is 23.1 Å². The molecule has 0 aliphatic carbocycles. The third-order valence-corrected chi connectivity index (χ3v) is 7.31. The summed E-state index contributed by atoms with van der Waals surface area (Å²) in [4.78, 5) is 18.9. The first-order chi connectivity index (χ1) is 18.0. The molecule has 2 aromatic carbocycles. The number of benzene rings is 2. The van der Waals surface area contributed by atoms with Gasteiger partial charge in [0.2, 0.25) is 0 Å². The fourth-order valence-electron chi connectivity index (χ4n) is 5.39. The summed E-state index contributed by atoms with van der Waals surface area (Å²) in [5, 5.41) is 4.58. The molecule has 2 aliphatic heterocycles. The fraction of sp³-hybridized carbons (Fsp3) is 0.357. The fourth-order valence-corrected chi connectivity index (χ4v) is 5.39. The van der Waals surface area contributed by atoms with Gasteiger partial charge in [-0.2, -0.15) is 18.3 Å². The number of rotatable bonds is 5. The van der Waals surface area contributed by atoms with E-state index in [0.29, 0.717) is 48.7 Å². The number of aromatic nitrogens is 2. The Morgan fingerprint density at radius 1 is 1.11 bits per heavy atom. The molecule has 1 saturated heterocycles. The summed E-state index contributed by atoms with van der Waals surface area (Å²) >= 11 is 0. The number of hydrogen-bond donors (Lipinski definition) is 0. The van der Waals surface area contributed by atoms with E-state index in [1.165, 1.54) is 29.2 Å². The Morgan fingerprint density at radius 3 is 2.47 bits per heavy atom. The molecule has 1 aromatic heterocycles. The zero-order valence-corrected chi connectivity index (χ0v) is 21.3. The molecular weight excluding hydrogens is 498 g/mol. The molecule has 3 aromatic rings. The molecule has 0 unspecified atom stereocenters. The molecule has 2 amide bonds. The van der Waals surface area contributed by atoms with E-state index in [1.807, 2.05) is 17.9 Å². The second-order valence-electron chi connectivity index (χ2n) is 9.92. The average molecular weight is 528 g/mol. The molecule has 0 saturated carbocycles. The van der Waals surface area contributed by atoms with Gasteiger partial charge < -0.3 is 9.80 Å². The van der Waals surface area contributed by atoms with Crippen molar-refractivity contribution in [2.24, 2.45) is 0 Å². The van der Waals surface area contributed by atoms with Crippen LogP contribution in [0.5, 0.6) is 0 Å². The van der Waals surface area contributed by atoms with Gasteiger partial charge in [-0.1, -0.05) is 36.9 Å². The topological polar surface area (TPSA) is 44.6 Å². The Labute approximate surface area is 218 Å². The number of allylic oxidation sites excluding steroid dienone is 1. The standard InChI is InChI=1S/C28H29F4N5O/c1-18(2)37-17-25-24(33-37)16-35(21-11-13-34(14-12-21)26-19(3)7-6-10-23(26)29)27(38)36(25)15-20-8-4-5-9-22(20)28(30,31)32/h4-10,17,21H,1,11-16H2,2-3H3. The number of piperidine rings is 1. The summed E-state index contributed by atoms with van der Waals surface area (Å²) in [5.74, 6) is -0.276. The van der Waals surface area contributed by atoms with E-state index in [9.17, 15) is 22.4 Å². The van der Waals surface area contributed by atoms with E-state index >= 15 is 0 Å². The third-order valence-electron chi connectivity index (χ3n) is 7.31. The number of halogens is 4.